The van der Waals surface area contributed by atoms with Crippen molar-refractivity contribution in [1.82, 2.24) is 15.0 Å². The SMILES string of the molecule is COc1ncccc1-c1c(C)[nH]c2nc(NC(=O)[C@@H]3C[C@@H]3F)ccc12. The Labute approximate surface area is 143 Å². The summed E-state index contributed by atoms with van der Waals surface area (Å²) in [6.07, 6.45) is 0.941. The number of alkyl halides is 1. The van der Waals surface area contributed by atoms with Crippen LogP contribution in [0.25, 0.3) is 22.2 Å². The molecule has 0 saturated heterocycles. The first-order valence-electron chi connectivity index (χ1n) is 8.02. The molecule has 1 fully saturated rings. The number of anilines is 1. The maximum Gasteiger partial charge on any atom is 0.231 e. The number of amides is 1. The number of carbonyl (C=O) groups is 1. The van der Waals surface area contributed by atoms with Crippen LogP contribution in [0.15, 0.2) is 30.5 Å². The molecule has 7 heteroatoms. The van der Waals surface area contributed by atoms with Gasteiger partial charge in [-0.25, -0.2) is 14.4 Å². The van der Waals surface area contributed by atoms with Crippen molar-refractivity contribution in [1.29, 1.82) is 0 Å². The number of halogens is 1. The molecule has 2 atom stereocenters. The molecule has 128 valence electrons. The van der Waals surface area contributed by atoms with Crippen molar-refractivity contribution >= 4 is 22.8 Å². The van der Waals surface area contributed by atoms with Gasteiger partial charge in [-0.3, -0.25) is 4.79 Å². The summed E-state index contributed by atoms with van der Waals surface area (Å²) in [5.74, 6) is 0.0732. The minimum Gasteiger partial charge on any atom is -0.481 e. The number of nitrogens with zero attached hydrogens (tertiary/aromatic N) is 2. The van der Waals surface area contributed by atoms with Crippen LogP contribution in [0.2, 0.25) is 0 Å². The minimum atomic E-state index is -1.03. The summed E-state index contributed by atoms with van der Waals surface area (Å²) in [6.45, 7) is 1.94. The van der Waals surface area contributed by atoms with Gasteiger partial charge in [-0.1, -0.05) is 0 Å². The second-order valence-corrected chi connectivity index (χ2v) is 6.13. The fourth-order valence-electron chi connectivity index (χ4n) is 3.01. The van der Waals surface area contributed by atoms with Gasteiger partial charge in [0.2, 0.25) is 11.8 Å². The van der Waals surface area contributed by atoms with Crippen LogP contribution >= 0.6 is 0 Å². The van der Waals surface area contributed by atoms with Crippen LogP contribution in [0.5, 0.6) is 5.88 Å². The van der Waals surface area contributed by atoms with Crippen molar-refractivity contribution in [3.05, 3.63) is 36.2 Å². The molecule has 25 heavy (non-hydrogen) atoms. The average molecular weight is 340 g/mol. The van der Waals surface area contributed by atoms with E-state index in [4.69, 9.17) is 4.74 Å². The molecule has 0 aliphatic heterocycles. The number of carbonyl (C=O) groups excluding carboxylic acids is 1. The maximum atomic E-state index is 13.0. The lowest BCUT2D eigenvalue weighted by Gasteiger charge is -2.07. The molecule has 1 amide bonds. The number of fused-ring (bicyclic) bond motifs is 1. The van der Waals surface area contributed by atoms with Crippen molar-refractivity contribution in [3.8, 4) is 17.0 Å². The van der Waals surface area contributed by atoms with E-state index in [1.54, 1.807) is 19.4 Å². The smallest absolute Gasteiger partial charge is 0.231 e. The van der Waals surface area contributed by atoms with Crippen LogP contribution in [0, 0.1) is 12.8 Å². The Morgan fingerprint density at radius 2 is 2.20 bits per heavy atom. The Bertz CT molecular complexity index is 969. The van der Waals surface area contributed by atoms with Gasteiger partial charge in [0.25, 0.3) is 0 Å². The quantitative estimate of drug-likeness (QED) is 0.764. The third kappa shape index (κ3) is 2.71. The second-order valence-electron chi connectivity index (χ2n) is 6.13. The lowest BCUT2D eigenvalue weighted by molar-refractivity contribution is -0.117. The van der Waals surface area contributed by atoms with E-state index in [1.165, 1.54) is 0 Å². The zero-order chi connectivity index (χ0) is 17.6. The topological polar surface area (TPSA) is 79.9 Å². The van der Waals surface area contributed by atoms with Crippen molar-refractivity contribution in [3.63, 3.8) is 0 Å². The summed E-state index contributed by atoms with van der Waals surface area (Å²) in [5, 5.41) is 3.57. The van der Waals surface area contributed by atoms with E-state index in [0.717, 1.165) is 22.2 Å². The van der Waals surface area contributed by atoms with E-state index >= 15 is 0 Å². The second kappa shape index (κ2) is 5.84. The van der Waals surface area contributed by atoms with Gasteiger partial charge in [-0.15, -0.1) is 0 Å². The van der Waals surface area contributed by atoms with Gasteiger partial charge < -0.3 is 15.0 Å². The van der Waals surface area contributed by atoms with Gasteiger partial charge in [0.05, 0.1) is 13.0 Å². The molecule has 0 unspecified atom stereocenters. The Morgan fingerprint density at radius 1 is 1.40 bits per heavy atom. The average Bonchev–Trinajstić information content (AvgIpc) is 3.25. The summed E-state index contributed by atoms with van der Waals surface area (Å²) < 4.78 is 18.3. The molecule has 1 aliphatic rings. The van der Waals surface area contributed by atoms with Gasteiger partial charge in [-0.2, -0.15) is 0 Å². The first-order chi connectivity index (χ1) is 12.1. The number of aromatic nitrogens is 3. The van der Waals surface area contributed by atoms with Crippen LogP contribution in [0.3, 0.4) is 0 Å². The first kappa shape index (κ1) is 15.6. The predicted octanol–water partition coefficient (Wildman–Crippen LogP) is 3.24. The molecule has 0 bridgehead atoms. The van der Waals surface area contributed by atoms with E-state index in [1.807, 2.05) is 25.1 Å². The summed E-state index contributed by atoms with van der Waals surface area (Å²) in [4.78, 5) is 23.8. The third-order valence-electron chi connectivity index (χ3n) is 4.38. The molecule has 0 spiro atoms. The molecule has 0 aromatic carbocycles. The zero-order valence-electron chi connectivity index (χ0n) is 13.8. The fourth-order valence-corrected chi connectivity index (χ4v) is 3.01. The van der Waals surface area contributed by atoms with E-state index in [9.17, 15) is 9.18 Å². The molecule has 3 aromatic rings. The number of hydrogen-bond donors (Lipinski definition) is 2. The molecule has 1 aliphatic carbocycles. The number of aryl methyl sites for hydroxylation is 1. The normalized spacial score (nSPS) is 19.0. The van der Waals surface area contributed by atoms with Crippen LogP contribution in [0.4, 0.5) is 10.2 Å². The number of aromatic amines is 1. The monoisotopic (exact) mass is 340 g/mol. The van der Waals surface area contributed by atoms with Crippen LogP contribution in [0.1, 0.15) is 12.1 Å². The summed E-state index contributed by atoms with van der Waals surface area (Å²) in [7, 11) is 1.58. The van der Waals surface area contributed by atoms with E-state index in [0.29, 0.717) is 23.8 Å². The highest BCUT2D eigenvalue weighted by molar-refractivity contribution is 5.99. The number of rotatable bonds is 4. The minimum absolute atomic E-state index is 0.292. The van der Waals surface area contributed by atoms with Crippen LogP contribution < -0.4 is 10.1 Å². The van der Waals surface area contributed by atoms with Gasteiger partial charge in [0.15, 0.2) is 0 Å². The Hall–Kier alpha value is -2.96. The highest BCUT2D eigenvalue weighted by atomic mass is 19.1. The van der Waals surface area contributed by atoms with Gasteiger partial charge in [-0.05, 0) is 37.6 Å². The maximum absolute atomic E-state index is 13.0. The molecule has 1 saturated carbocycles. The van der Waals surface area contributed by atoms with Crippen molar-refractivity contribution in [2.75, 3.05) is 12.4 Å². The lowest BCUT2D eigenvalue weighted by Crippen LogP contribution is -2.15. The number of pyridine rings is 2. The summed E-state index contributed by atoms with van der Waals surface area (Å²) >= 11 is 0. The predicted molar refractivity (Wildman–Crippen MR) is 92.2 cm³/mol. The van der Waals surface area contributed by atoms with Gasteiger partial charge in [0, 0.05) is 28.4 Å². The largest absolute Gasteiger partial charge is 0.481 e. The Morgan fingerprint density at radius 3 is 2.92 bits per heavy atom. The van der Waals surface area contributed by atoms with Crippen molar-refractivity contribution < 1.29 is 13.9 Å². The molecule has 0 radical (unpaired) electrons. The van der Waals surface area contributed by atoms with E-state index in [2.05, 4.69) is 20.3 Å². The molecular formula is C18H17FN4O2. The standard InChI is InChI=1S/C18H17FN4O2/c1-9-15(11-4-3-7-20-18(11)25-2)10-5-6-14(22-16(10)21-9)23-17(24)12-8-13(12)19/h3-7,12-13H,8H2,1-2H3,(H2,21,22,23,24)/t12-,13+/m1/s1. The fraction of sp³-hybridized carbons (Fsp3) is 0.278. The highest BCUT2D eigenvalue weighted by Crippen LogP contribution is 2.37. The highest BCUT2D eigenvalue weighted by Gasteiger charge is 2.43. The van der Waals surface area contributed by atoms with Gasteiger partial charge >= 0.3 is 0 Å². The molecule has 4 rings (SSSR count). The number of H-pyrrole nitrogens is 1. The molecular weight excluding hydrogens is 323 g/mol. The molecule has 3 aromatic heterocycles. The lowest BCUT2D eigenvalue weighted by atomic mass is 10.0. The van der Waals surface area contributed by atoms with Crippen molar-refractivity contribution in [2.24, 2.45) is 5.92 Å². The molecule has 2 N–H and O–H groups in total. The van der Waals surface area contributed by atoms with E-state index in [-0.39, 0.29) is 5.91 Å². The number of hydrogen-bond acceptors (Lipinski definition) is 4. The number of ether oxygens (including phenoxy) is 1. The number of methoxy groups -OCH3 is 1. The summed E-state index contributed by atoms with van der Waals surface area (Å²) in [6, 6.07) is 7.38. The van der Waals surface area contributed by atoms with E-state index < -0.39 is 12.1 Å². The molecule has 6 nitrogen and oxygen atoms in total. The van der Waals surface area contributed by atoms with Crippen LogP contribution in [-0.4, -0.2) is 34.1 Å². The summed E-state index contributed by atoms with van der Waals surface area (Å²) in [5.41, 5.74) is 3.38. The Balaban J connectivity index is 1.72. The zero-order valence-corrected chi connectivity index (χ0v) is 13.8. The first-order valence-corrected chi connectivity index (χ1v) is 8.02. The molecule has 3 heterocycles. The van der Waals surface area contributed by atoms with Gasteiger partial charge in [0.1, 0.15) is 17.6 Å². The van der Waals surface area contributed by atoms with Crippen LogP contribution in [-0.2, 0) is 4.79 Å². The van der Waals surface area contributed by atoms with Crippen molar-refractivity contribution in [2.45, 2.75) is 19.5 Å². The number of nitrogens with one attached hydrogen (secondary N) is 2. The third-order valence-corrected chi connectivity index (χ3v) is 4.38. The Kier molecular flexibility index (Phi) is 3.63.